The molecular weight excluding hydrogens is 328 g/mol. The number of ether oxygens (including phenoxy) is 1. The van der Waals surface area contributed by atoms with Crippen molar-refractivity contribution >= 4 is 11.6 Å². The van der Waals surface area contributed by atoms with E-state index in [9.17, 15) is 14.7 Å². The van der Waals surface area contributed by atoms with Crippen molar-refractivity contribution in [3.63, 3.8) is 0 Å². The molecule has 2 aromatic carbocycles. The third-order valence-electron chi connectivity index (χ3n) is 5.14. The van der Waals surface area contributed by atoms with E-state index in [0.717, 1.165) is 0 Å². The fourth-order valence-corrected chi connectivity index (χ4v) is 3.77. The van der Waals surface area contributed by atoms with Gasteiger partial charge in [-0.2, -0.15) is 0 Å². The van der Waals surface area contributed by atoms with Crippen LogP contribution in [0.25, 0.3) is 0 Å². The lowest BCUT2D eigenvalue weighted by atomic mass is 9.77. The minimum Gasteiger partial charge on any atom is -0.391 e. The fourth-order valence-electron chi connectivity index (χ4n) is 3.77. The number of Topliss-reactive ketones (excluding diaryl/α,β-unsaturated/α-hetero) is 2. The minimum atomic E-state index is -0.785. The van der Waals surface area contributed by atoms with Crippen molar-refractivity contribution in [2.45, 2.75) is 38.6 Å². The van der Waals surface area contributed by atoms with Crippen LogP contribution in [0, 0.1) is 11.8 Å². The van der Waals surface area contributed by atoms with Crippen LogP contribution in [0.1, 0.15) is 41.0 Å². The van der Waals surface area contributed by atoms with Gasteiger partial charge in [0.15, 0.2) is 11.6 Å². The Labute approximate surface area is 153 Å². The molecule has 0 aromatic heterocycles. The highest BCUT2D eigenvalue weighted by Gasteiger charge is 2.48. The number of aliphatic hydroxyl groups is 1. The van der Waals surface area contributed by atoms with Gasteiger partial charge in [0.1, 0.15) is 0 Å². The highest BCUT2D eigenvalue weighted by molar-refractivity contribution is 6.00. The average molecular weight is 352 g/mol. The van der Waals surface area contributed by atoms with Gasteiger partial charge in [-0.3, -0.25) is 9.59 Å². The summed E-state index contributed by atoms with van der Waals surface area (Å²) in [5.74, 6) is -0.898. The van der Waals surface area contributed by atoms with Crippen LogP contribution in [0.4, 0.5) is 0 Å². The lowest BCUT2D eigenvalue weighted by Crippen LogP contribution is -2.36. The molecule has 0 radical (unpaired) electrons. The molecule has 1 fully saturated rings. The second kappa shape index (κ2) is 7.94. The fraction of sp³-hybridized carbons (Fsp3) is 0.364. The normalized spacial score (nSPS) is 26.4. The molecule has 4 nitrogen and oxygen atoms in total. The number of aliphatic hydroxyl groups excluding tert-OH is 1. The highest BCUT2D eigenvalue weighted by atomic mass is 16.5. The summed E-state index contributed by atoms with van der Waals surface area (Å²) in [5.41, 5.74) is 1.21. The zero-order valence-electron chi connectivity index (χ0n) is 15.0. The smallest absolute Gasteiger partial charge is 0.169 e. The summed E-state index contributed by atoms with van der Waals surface area (Å²) in [7, 11) is 0. The van der Waals surface area contributed by atoms with E-state index in [0.29, 0.717) is 11.1 Å². The number of hydrogen-bond donors (Lipinski definition) is 1. The first-order chi connectivity index (χ1) is 12.5. The van der Waals surface area contributed by atoms with Gasteiger partial charge in [-0.1, -0.05) is 60.7 Å². The summed E-state index contributed by atoms with van der Waals surface area (Å²) in [6, 6.07) is 18.1. The summed E-state index contributed by atoms with van der Waals surface area (Å²) in [5, 5.41) is 10.1. The number of rotatable bonds is 6. The Morgan fingerprint density at radius 3 is 2.08 bits per heavy atom. The van der Waals surface area contributed by atoms with Crippen LogP contribution in [-0.2, 0) is 4.74 Å². The standard InChI is InChI=1S/C22H24O4/c1-14(23)22-20(21(25)17-11-7-4-8-12-17)18(15(2)26-22)13-19(24)16-9-5-3-6-10-16/h3-12,14-15,18,20,22-23H,13H2,1-2H3/t14-,15+,18+,20+,22+/m1/s1. The zero-order chi connectivity index (χ0) is 18.7. The van der Waals surface area contributed by atoms with E-state index in [1.165, 1.54) is 0 Å². The van der Waals surface area contributed by atoms with Gasteiger partial charge < -0.3 is 9.84 Å². The predicted octanol–water partition coefficient (Wildman–Crippen LogP) is 3.54. The Bertz CT molecular complexity index is 754. The highest BCUT2D eigenvalue weighted by Crippen LogP contribution is 2.39. The first-order valence-electron chi connectivity index (χ1n) is 9.00. The van der Waals surface area contributed by atoms with Crippen LogP contribution in [0.3, 0.4) is 0 Å². The van der Waals surface area contributed by atoms with E-state index in [2.05, 4.69) is 0 Å². The third kappa shape index (κ3) is 3.76. The molecule has 0 amide bonds. The molecule has 0 unspecified atom stereocenters. The molecule has 1 aliphatic heterocycles. The summed E-state index contributed by atoms with van der Waals surface area (Å²) >= 11 is 0. The molecule has 1 saturated heterocycles. The van der Waals surface area contributed by atoms with Gasteiger partial charge in [0, 0.05) is 23.5 Å². The summed E-state index contributed by atoms with van der Waals surface area (Å²) in [6.45, 7) is 3.50. The van der Waals surface area contributed by atoms with Crippen molar-refractivity contribution in [1.29, 1.82) is 0 Å². The van der Waals surface area contributed by atoms with E-state index in [1.807, 2.05) is 43.3 Å². The van der Waals surface area contributed by atoms with E-state index in [1.54, 1.807) is 31.2 Å². The van der Waals surface area contributed by atoms with Crippen molar-refractivity contribution in [3.8, 4) is 0 Å². The molecule has 1 heterocycles. The predicted molar refractivity (Wildman–Crippen MR) is 99.2 cm³/mol. The maximum absolute atomic E-state index is 13.1. The third-order valence-corrected chi connectivity index (χ3v) is 5.14. The van der Waals surface area contributed by atoms with Gasteiger partial charge >= 0.3 is 0 Å². The van der Waals surface area contributed by atoms with Crippen molar-refractivity contribution in [3.05, 3.63) is 71.8 Å². The molecule has 26 heavy (non-hydrogen) atoms. The number of hydrogen-bond acceptors (Lipinski definition) is 4. The number of carbonyl (C=O) groups excluding carboxylic acids is 2. The monoisotopic (exact) mass is 352 g/mol. The van der Waals surface area contributed by atoms with Gasteiger partial charge in [0.25, 0.3) is 0 Å². The Hall–Kier alpha value is -2.30. The molecular formula is C22H24O4. The maximum Gasteiger partial charge on any atom is 0.169 e. The number of benzene rings is 2. The first-order valence-corrected chi connectivity index (χ1v) is 9.00. The second-order valence-electron chi connectivity index (χ2n) is 6.96. The van der Waals surface area contributed by atoms with Crippen molar-refractivity contribution in [2.24, 2.45) is 11.8 Å². The quantitative estimate of drug-likeness (QED) is 0.808. The zero-order valence-corrected chi connectivity index (χ0v) is 15.0. The number of ketones is 2. The molecule has 2 aromatic rings. The van der Waals surface area contributed by atoms with Crippen LogP contribution in [0.15, 0.2) is 60.7 Å². The van der Waals surface area contributed by atoms with Crippen molar-refractivity contribution < 1.29 is 19.4 Å². The molecule has 5 atom stereocenters. The van der Waals surface area contributed by atoms with Gasteiger partial charge in [0.05, 0.1) is 24.2 Å². The van der Waals surface area contributed by atoms with Crippen LogP contribution < -0.4 is 0 Å². The van der Waals surface area contributed by atoms with Gasteiger partial charge in [0.2, 0.25) is 0 Å². The average Bonchev–Trinajstić information content (AvgIpc) is 2.99. The lowest BCUT2D eigenvalue weighted by Gasteiger charge is -2.23. The lowest BCUT2D eigenvalue weighted by molar-refractivity contribution is -0.0322. The van der Waals surface area contributed by atoms with Crippen LogP contribution in [0.2, 0.25) is 0 Å². The largest absolute Gasteiger partial charge is 0.391 e. The van der Waals surface area contributed by atoms with Crippen LogP contribution >= 0.6 is 0 Å². The van der Waals surface area contributed by atoms with Crippen LogP contribution in [-0.4, -0.2) is 35.0 Å². The maximum atomic E-state index is 13.1. The van der Waals surface area contributed by atoms with Crippen molar-refractivity contribution in [1.82, 2.24) is 0 Å². The molecule has 1 aliphatic rings. The van der Waals surface area contributed by atoms with E-state index < -0.39 is 18.1 Å². The first kappa shape index (κ1) is 18.5. The topological polar surface area (TPSA) is 63.6 Å². The second-order valence-corrected chi connectivity index (χ2v) is 6.96. The molecule has 4 heteroatoms. The molecule has 136 valence electrons. The van der Waals surface area contributed by atoms with Crippen molar-refractivity contribution in [2.75, 3.05) is 0 Å². The van der Waals surface area contributed by atoms with E-state index >= 15 is 0 Å². The van der Waals surface area contributed by atoms with Crippen LogP contribution in [0.5, 0.6) is 0 Å². The minimum absolute atomic E-state index is 0.0110. The molecule has 0 saturated carbocycles. The Morgan fingerprint density at radius 1 is 1.00 bits per heavy atom. The molecule has 3 rings (SSSR count). The Morgan fingerprint density at radius 2 is 1.54 bits per heavy atom. The number of carbonyl (C=O) groups is 2. The Balaban J connectivity index is 1.88. The molecule has 0 spiro atoms. The SMILES string of the molecule is C[C@@H]1O[C@@H]([C@@H](C)O)[C@H](C(=O)c2ccccc2)[C@H]1CC(=O)c1ccccc1. The summed E-state index contributed by atoms with van der Waals surface area (Å²) in [4.78, 5) is 25.8. The molecule has 0 aliphatic carbocycles. The molecule has 1 N–H and O–H groups in total. The summed E-state index contributed by atoms with van der Waals surface area (Å²) < 4.78 is 5.90. The van der Waals surface area contributed by atoms with Gasteiger partial charge in [-0.05, 0) is 13.8 Å². The Kier molecular flexibility index (Phi) is 5.64. The summed E-state index contributed by atoms with van der Waals surface area (Å²) in [6.07, 6.45) is -1.45. The molecule has 0 bridgehead atoms. The van der Waals surface area contributed by atoms with E-state index in [-0.39, 0.29) is 30.0 Å². The van der Waals surface area contributed by atoms with Gasteiger partial charge in [-0.15, -0.1) is 0 Å². The van der Waals surface area contributed by atoms with E-state index in [4.69, 9.17) is 4.74 Å². The van der Waals surface area contributed by atoms with Gasteiger partial charge in [-0.25, -0.2) is 0 Å².